The quantitative estimate of drug-likeness (QED) is 0.184. The van der Waals surface area contributed by atoms with E-state index in [9.17, 15) is 4.79 Å². The van der Waals surface area contributed by atoms with Crippen LogP contribution in [-0.2, 0) is 31.9 Å². The molecule has 0 radical (unpaired) electrons. The van der Waals surface area contributed by atoms with Gasteiger partial charge in [-0.25, -0.2) is 4.79 Å². The third-order valence-electron chi connectivity index (χ3n) is 4.07. The van der Waals surface area contributed by atoms with Gasteiger partial charge in [0.2, 0.25) is 0 Å². The molecule has 13 heteroatoms. The summed E-state index contributed by atoms with van der Waals surface area (Å²) >= 11 is 5.49. The summed E-state index contributed by atoms with van der Waals surface area (Å²) in [5.74, 6) is 0. The van der Waals surface area contributed by atoms with E-state index in [1.54, 1.807) is 0 Å². The summed E-state index contributed by atoms with van der Waals surface area (Å²) < 4.78 is 42.9. The molecule has 0 saturated carbocycles. The van der Waals surface area contributed by atoms with E-state index < -0.39 is 70.1 Å². The van der Waals surface area contributed by atoms with Crippen molar-refractivity contribution in [2.45, 2.75) is 109 Å². The second-order valence-electron chi connectivity index (χ2n) is 12.2. The lowest BCUT2D eigenvalue weighted by Gasteiger charge is -2.51. The van der Waals surface area contributed by atoms with Crippen molar-refractivity contribution in [3.63, 3.8) is 0 Å². The Morgan fingerprint density at radius 1 is 0.667 bits per heavy atom. The molecule has 196 valence electrons. The molecule has 1 heterocycles. The van der Waals surface area contributed by atoms with E-state index in [1.165, 1.54) is 0 Å². The third kappa shape index (κ3) is 12.7. The van der Waals surface area contributed by atoms with Crippen molar-refractivity contribution in [3.05, 3.63) is 0 Å². The number of ether oxygens (including phenoxy) is 3. The summed E-state index contributed by atoms with van der Waals surface area (Å²) in [7, 11) is -8.11. The molecule has 1 saturated heterocycles. The Hall–Kier alpha value is 0.228. The van der Waals surface area contributed by atoms with Crippen LogP contribution < -0.4 is 0 Å². The predicted octanol–water partition coefficient (Wildman–Crippen LogP) is 5.57. The average molecular weight is 561 g/mol. The fraction of sp³-hybridized carbons (Fsp3) is 0.950. The monoisotopic (exact) mass is 560 g/mol. The van der Waals surface area contributed by atoms with Crippen LogP contribution in [0.5, 0.6) is 0 Å². The van der Waals surface area contributed by atoms with Gasteiger partial charge in [-0.2, -0.15) is 0 Å². The minimum absolute atomic E-state index is 0.0678. The molecule has 0 amide bonds. The SMILES string of the molecule is C[Si](C)(C)O[C@H]1O[C@H](COC(=O)OCCl)[C@@H](O[Si](C)(C)C)[C@H](O[Si](C)(C)C)[C@H]1O[Si](C)(C)C. The second-order valence-corrected chi connectivity index (χ2v) is 30.2. The van der Waals surface area contributed by atoms with Gasteiger partial charge in [0.1, 0.15) is 31.0 Å². The number of halogens is 1. The van der Waals surface area contributed by atoms with Crippen LogP contribution in [0, 0.1) is 0 Å². The molecule has 5 atom stereocenters. The average Bonchev–Trinajstić information content (AvgIpc) is 2.54. The highest BCUT2D eigenvalue weighted by molar-refractivity contribution is 6.71. The molecule has 8 nitrogen and oxygen atoms in total. The number of alkyl halides is 1. The first kappa shape index (κ1) is 31.3. The third-order valence-corrected chi connectivity index (χ3v) is 8.05. The van der Waals surface area contributed by atoms with Crippen LogP contribution in [0.25, 0.3) is 0 Å². The Bertz CT molecular complexity index is 628. The molecular formula is C20H45ClO8Si4. The first-order valence-electron chi connectivity index (χ1n) is 11.4. The number of carbonyl (C=O) groups excluding carboxylic acids is 1. The van der Waals surface area contributed by atoms with Gasteiger partial charge in [0.05, 0.1) is 0 Å². The Kier molecular flexibility index (Phi) is 11.3. The van der Waals surface area contributed by atoms with Crippen molar-refractivity contribution in [2.75, 3.05) is 12.7 Å². The summed E-state index contributed by atoms with van der Waals surface area (Å²) in [5, 5.41) is 0. The van der Waals surface area contributed by atoms with E-state index in [-0.39, 0.29) is 12.7 Å². The number of hydrogen-bond donors (Lipinski definition) is 0. The van der Waals surface area contributed by atoms with Crippen molar-refractivity contribution in [2.24, 2.45) is 0 Å². The van der Waals surface area contributed by atoms with E-state index >= 15 is 0 Å². The predicted molar refractivity (Wildman–Crippen MR) is 141 cm³/mol. The first-order chi connectivity index (χ1) is 14.7. The largest absolute Gasteiger partial charge is 0.509 e. The maximum Gasteiger partial charge on any atom is 0.509 e. The van der Waals surface area contributed by atoms with Crippen LogP contribution in [0.4, 0.5) is 4.79 Å². The van der Waals surface area contributed by atoms with Gasteiger partial charge in [-0.15, -0.1) is 0 Å². The zero-order valence-corrected chi connectivity index (χ0v) is 27.2. The maximum atomic E-state index is 11.9. The molecule has 0 aromatic heterocycles. The van der Waals surface area contributed by atoms with Gasteiger partial charge in [0, 0.05) is 0 Å². The van der Waals surface area contributed by atoms with Gasteiger partial charge in [-0.05, 0) is 78.6 Å². The molecule has 33 heavy (non-hydrogen) atoms. The van der Waals surface area contributed by atoms with E-state index in [1.807, 2.05) is 0 Å². The first-order valence-corrected chi connectivity index (χ1v) is 25.6. The minimum atomic E-state index is -2.05. The van der Waals surface area contributed by atoms with Crippen molar-refractivity contribution >= 4 is 51.0 Å². The lowest BCUT2D eigenvalue weighted by molar-refractivity contribution is -0.269. The van der Waals surface area contributed by atoms with Crippen LogP contribution in [0.1, 0.15) is 0 Å². The number of hydrogen-bond acceptors (Lipinski definition) is 8. The molecule has 0 N–H and O–H groups in total. The summed E-state index contributed by atoms with van der Waals surface area (Å²) in [5.41, 5.74) is 0. The summed E-state index contributed by atoms with van der Waals surface area (Å²) in [4.78, 5) is 11.9. The van der Waals surface area contributed by atoms with Crippen molar-refractivity contribution in [3.8, 4) is 0 Å². The highest BCUT2D eigenvalue weighted by atomic mass is 35.5. The van der Waals surface area contributed by atoms with Crippen LogP contribution in [0.2, 0.25) is 78.6 Å². The molecular weight excluding hydrogens is 516 g/mol. The molecule has 0 aromatic carbocycles. The molecule has 0 unspecified atom stereocenters. The fourth-order valence-electron chi connectivity index (χ4n) is 3.32. The topological polar surface area (TPSA) is 81.7 Å². The lowest BCUT2D eigenvalue weighted by Crippen LogP contribution is -2.67. The van der Waals surface area contributed by atoms with Gasteiger partial charge >= 0.3 is 6.16 Å². The standard InChI is InChI=1S/C20H45ClO8Si4/c1-30(2,3)26-16-15(13-23-20(22)24-14-21)25-19(29-33(10,11)12)18(28-32(7,8)9)17(16)27-31(4,5)6/h15-19H,13-14H2,1-12H3/t15-,16-,17+,18-,19-/m1/s1. The molecule has 0 bridgehead atoms. The van der Waals surface area contributed by atoms with Crippen molar-refractivity contribution in [1.29, 1.82) is 0 Å². The molecule has 0 aliphatic carbocycles. The minimum Gasteiger partial charge on any atom is -0.431 e. The molecule has 1 fully saturated rings. The summed E-state index contributed by atoms with van der Waals surface area (Å²) in [6.07, 6.45) is -3.50. The summed E-state index contributed by atoms with van der Waals surface area (Å²) in [6.45, 7) is 25.4. The van der Waals surface area contributed by atoms with Gasteiger partial charge in [0.25, 0.3) is 0 Å². The Balaban J connectivity index is 3.46. The maximum absolute atomic E-state index is 11.9. The van der Waals surface area contributed by atoms with Crippen LogP contribution in [-0.4, -0.2) is 82.8 Å². The number of carbonyl (C=O) groups is 1. The number of rotatable bonds is 11. The van der Waals surface area contributed by atoms with Crippen LogP contribution in [0.15, 0.2) is 0 Å². The van der Waals surface area contributed by atoms with Crippen molar-refractivity contribution < 1.29 is 36.7 Å². The summed E-state index contributed by atoms with van der Waals surface area (Å²) in [6, 6.07) is -0.284. The van der Waals surface area contributed by atoms with Gasteiger partial charge in [0.15, 0.2) is 45.6 Å². The molecule has 0 aromatic rings. The van der Waals surface area contributed by atoms with E-state index in [0.717, 1.165) is 0 Å². The normalized spacial score (nSPS) is 27.4. The fourth-order valence-corrected chi connectivity index (χ4v) is 7.54. The molecule has 1 aliphatic rings. The van der Waals surface area contributed by atoms with Gasteiger partial charge in [-0.1, -0.05) is 11.6 Å². The molecule has 1 aliphatic heterocycles. The van der Waals surface area contributed by atoms with Gasteiger partial charge in [-0.3, -0.25) is 0 Å². The highest BCUT2D eigenvalue weighted by Crippen LogP contribution is 2.35. The van der Waals surface area contributed by atoms with E-state index in [0.29, 0.717) is 0 Å². The van der Waals surface area contributed by atoms with Crippen molar-refractivity contribution in [1.82, 2.24) is 0 Å². The zero-order valence-electron chi connectivity index (χ0n) is 22.4. The zero-order chi connectivity index (χ0) is 25.8. The van der Waals surface area contributed by atoms with Crippen LogP contribution >= 0.6 is 11.6 Å². The molecule has 0 spiro atoms. The highest BCUT2D eigenvalue weighted by Gasteiger charge is 2.53. The second kappa shape index (κ2) is 12.0. The Labute approximate surface area is 209 Å². The van der Waals surface area contributed by atoms with E-state index in [4.69, 9.17) is 43.5 Å². The Morgan fingerprint density at radius 2 is 1.09 bits per heavy atom. The molecule has 1 rings (SSSR count). The smallest absolute Gasteiger partial charge is 0.431 e. The Morgan fingerprint density at radius 3 is 1.52 bits per heavy atom. The van der Waals surface area contributed by atoms with Gasteiger partial charge < -0.3 is 31.9 Å². The van der Waals surface area contributed by atoms with E-state index in [2.05, 4.69) is 78.6 Å². The lowest BCUT2D eigenvalue weighted by atomic mass is 9.99. The van der Waals surface area contributed by atoms with Crippen LogP contribution in [0.3, 0.4) is 0 Å².